The summed E-state index contributed by atoms with van der Waals surface area (Å²) in [6, 6.07) is 5.79. The van der Waals surface area contributed by atoms with E-state index in [1.807, 2.05) is 24.3 Å². The summed E-state index contributed by atoms with van der Waals surface area (Å²) in [5.41, 5.74) is 0.967. The zero-order valence-corrected chi connectivity index (χ0v) is 6.38. The smallest absolute Gasteiger partial charge is 0.0634 e. The highest BCUT2D eigenvalue weighted by Crippen LogP contribution is 1.97. The Labute approximate surface area is 62.6 Å². The Morgan fingerprint density at radius 2 is 2.33 bits per heavy atom. The second-order valence-electron chi connectivity index (χ2n) is 1.55. The molecule has 1 aromatic rings. The topological polar surface area (TPSA) is 12.9 Å². The van der Waals surface area contributed by atoms with E-state index in [0.29, 0.717) is 0 Å². The van der Waals surface area contributed by atoms with Crippen LogP contribution in [0.25, 0.3) is 6.08 Å². The second kappa shape index (κ2) is 3.41. The van der Waals surface area contributed by atoms with Gasteiger partial charge in [-0.05, 0) is 23.2 Å². The molecule has 0 aliphatic heterocycles. The van der Waals surface area contributed by atoms with Crippen LogP contribution in [0.15, 0.2) is 29.4 Å². The normalized spacial score (nSPS) is 10.3. The summed E-state index contributed by atoms with van der Waals surface area (Å²) in [6.45, 7) is 0. The average molecular weight is 184 g/mol. The van der Waals surface area contributed by atoms with Crippen LogP contribution in [0.4, 0.5) is 0 Å². The quantitative estimate of drug-likeness (QED) is 0.653. The molecule has 0 aromatic carbocycles. The van der Waals surface area contributed by atoms with Crippen molar-refractivity contribution in [3.05, 3.63) is 35.1 Å². The van der Waals surface area contributed by atoms with Crippen LogP contribution in [-0.2, 0) is 0 Å². The molecule has 1 aromatic heterocycles. The minimum atomic E-state index is 0.967. The van der Waals surface area contributed by atoms with Gasteiger partial charge in [-0.2, -0.15) is 0 Å². The van der Waals surface area contributed by atoms with Gasteiger partial charge < -0.3 is 0 Å². The number of hydrogen-bond acceptors (Lipinski definition) is 1. The van der Waals surface area contributed by atoms with Crippen molar-refractivity contribution in [1.29, 1.82) is 0 Å². The second-order valence-corrected chi connectivity index (χ2v) is 2.08. The largest absolute Gasteiger partial charge is 0.257 e. The third-order valence-electron chi connectivity index (χ3n) is 0.922. The summed E-state index contributed by atoms with van der Waals surface area (Å²) in [4.78, 5) is 5.84. The van der Waals surface area contributed by atoms with Crippen molar-refractivity contribution in [3.8, 4) is 0 Å². The molecule has 1 nitrogen and oxygen atoms in total. The van der Waals surface area contributed by atoms with E-state index < -0.39 is 0 Å². The van der Waals surface area contributed by atoms with Crippen molar-refractivity contribution < 1.29 is 0 Å². The molecular formula is C7H6BrN. The van der Waals surface area contributed by atoms with E-state index in [4.69, 9.17) is 0 Å². The standard InChI is InChI=1S/C7H6BrN/c8-5-4-7-3-1-2-6-9-7/h1-6H/b5-4-. The fourth-order valence-corrected chi connectivity index (χ4v) is 0.810. The van der Waals surface area contributed by atoms with Gasteiger partial charge >= 0.3 is 0 Å². The first-order chi connectivity index (χ1) is 4.43. The maximum Gasteiger partial charge on any atom is 0.0634 e. The van der Waals surface area contributed by atoms with Crippen molar-refractivity contribution in [3.63, 3.8) is 0 Å². The van der Waals surface area contributed by atoms with E-state index in [-0.39, 0.29) is 0 Å². The average Bonchev–Trinajstić information content (AvgIpc) is 1.91. The monoisotopic (exact) mass is 183 g/mol. The van der Waals surface area contributed by atoms with Gasteiger partial charge in [0.1, 0.15) is 0 Å². The predicted octanol–water partition coefficient (Wildman–Crippen LogP) is 2.45. The van der Waals surface area contributed by atoms with E-state index in [9.17, 15) is 0 Å². The number of pyridine rings is 1. The molecule has 0 bridgehead atoms. The molecule has 0 atom stereocenters. The molecule has 0 spiro atoms. The first kappa shape index (κ1) is 6.49. The number of hydrogen-bond donors (Lipinski definition) is 0. The first-order valence-electron chi connectivity index (χ1n) is 2.61. The summed E-state index contributed by atoms with van der Waals surface area (Å²) in [5.74, 6) is 0. The molecule has 0 saturated carbocycles. The number of rotatable bonds is 1. The lowest BCUT2D eigenvalue weighted by molar-refractivity contribution is 1.30. The fourth-order valence-electron chi connectivity index (χ4n) is 0.539. The highest BCUT2D eigenvalue weighted by Gasteiger charge is 1.79. The molecule has 2 heteroatoms. The van der Waals surface area contributed by atoms with Gasteiger partial charge in [-0.1, -0.05) is 22.0 Å². The van der Waals surface area contributed by atoms with Crippen molar-refractivity contribution >= 4 is 22.0 Å². The van der Waals surface area contributed by atoms with E-state index in [0.717, 1.165) is 5.69 Å². The van der Waals surface area contributed by atoms with Gasteiger partial charge in [-0.25, -0.2) is 0 Å². The Hall–Kier alpha value is -0.630. The highest BCUT2D eigenvalue weighted by molar-refractivity contribution is 9.11. The zero-order valence-electron chi connectivity index (χ0n) is 4.79. The van der Waals surface area contributed by atoms with Crippen molar-refractivity contribution in [2.24, 2.45) is 0 Å². The van der Waals surface area contributed by atoms with Crippen molar-refractivity contribution in [2.75, 3.05) is 0 Å². The summed E-state index contributed by atoms with van der Waals surface area (Å²) in [5, 5.41) is 0. The lowest BCUT2D eigenvalue weighted by atomic mass is 10.4. The van der Waals surface area contributed by atoms with Gasteiger partial charge in [0.25, 0.3) is 0 Å². The molecule has 0 fully saturated rings. The van der Waals surface area contributed by atoms with Crippen molar-refractivity contribution in [1.82, 2.24) is 4.98 Å². The first-order valence-corrected chi connectivity index (χ1v) is 3.53. The van der Waals surface area contributed by atoms with Crippen LogP contribution in [-0.4, -0.2) is 4.98 Å². The van der Waals surface area contributed by atoms with Crippen LogP contribution in [0.3, 0.4) is 0 Å². The Morgan fingerprint density at radius 1 is 1.44 bits per heavy atom. The molecular weight excluding hydrogens is 178 g/mol. The Kier molecular flexibility index (Phi) is 2.46. The summed E-state index contributed by atoms with van der Waals surface area (Å²) in [7, 11) is 0. The van der Waals surface area contributed by atoms with Gasteiger partial charge in [0.2, 0.25) is 0 Å². The molecule has 0 aliphatic carbocycles. The molecule has 0 amide bonds. The van der Waals surface area contributed by atoms with Gasteiger partial charge in [-0.15, -0.1) is 0 Å². The third kappa shape index (κ3) is 1.98. The van der Waals surface area contributed by atoms with Gasteiger partial charge in [-0.3, -0.25) is 4.98 Å². The molecule has 9 heavy (non-hydrogen) atoms. The predicted molar refractivity (Wildman–Crippen MR) is 42.2 cm³/mol. The fraction of sp³-hybridized carbons (Fsp3) is 0. The number of halogens is 1. The van der Waals surface area contributed by atoms with E-state index in [2.05, 4.69) is 20.9 Å². The van der Waals surface area contributed by atoms with Crippen LogP contribution in [0, 0.1) is 0 Å². The van der Waals surface area contributed by atoms with Crippen LogP contribution < -0.4 is 0 Å². The maximum absolute atomic E-state index is 4.05. The van der Waals surface area contributed by atoms with Crippen LogP contribution in [0.2, 0.25) is 0 Å². The van der Waals surface area contributed by atoms with Crippen molar-refractivity contribution in [2.45, 2.75) is 0 Å². The minimum Gasteiger partial charge on any atom is -0.257 e. The highest BCUT2D eigenvalue weighted by atomic mass is 79.9. The number of aromatic nitrogens is 1. The van der Waals surface area contributed by atoms with Gasteiger partial charge in [0, 0.05) is 6.20 Å². The van der Waals surface area contributed by atoms with Crippen LogP contribution >= 0.6 is 15.9 Å². The minimum absolute atomic E-state index is 0.967. The molecule has 46 valence electrons. The summed E-state index contributed by atoms with van der Waals surface area (Å²) >= 11 is 3.17. The van der Waals surface area contributed by atoms with Gasteiger partial charge in [0.05, 0.1) is 5.69 Å². The van der Waals surface area contributed by atoms with E-state index in [1.165, 1.54) is 0 Å². The Bertz CT molecular complexity index is 193. The Balaban J connectivity index is 2.85. The maximum atomic E-state index is 4.05. The molecule has 0 unspecified atom stereocenters. The number of nitrogens with zero attached hydrogens (tertiary/aromatic N) is 1. The molecule has 0 aliphatic rings. The molecule has 1 heterocycles. The third-order valence-corrected chi connectivity index (χ3v) is 1.19. The lowest BCUT2D eigenvalue weighted by Crippen LogP contribution is -1.73. The summed E-state index contributed by atoms with van der Waals surface area (Å²) in [6.07, 6.45) is 3.66. The van der Waals surface area contributed by atoms with E-state index in [1.54, 1.807) is 11.2 Å². The molecule has 0 N–H and O–H groups in total. The van der Waals surface area contributed by atoms with Crippen LogP contribution in [0.1, 0.15) is 5.69 Å². The lowest BCUT2D eigenvalue weighted by Gasteiger charge is -1.85. The van der Waals surface area contributed by atoms with Gasteiger partial charge in [0.15, 0.2) is 0 Å². The van der Waals surface area contributed by atoms with Crippen LogP contribution in [0.5, 0.6) is 0 Å². The zero-order chi connectivity index (χ0) is 6.53. The molecule has 1 rings (SSSR count). The van der Waals surface area contributed by atoms with E-state index >= 15 is 0 Å². The molecule has 0 radical (unpaired) electrons. The SMILES string of the molecule is Br/C=C\c1ccccn1. The Morgan fingerprint density at radius 3 is 2.89 bits per heavy atom. The summed E-state index contributed by atoms with van der Waals surface area (Å²) < 4.78 is 0. The molecule has 0 saturated heterocycles.